The molecule has 2 aromatic carbocycles. The Labute approximate surface area is 201 Å². The number of hydrogen-bond acceptors (Lipinski definition) is 7. The fourth-order valence-electron chi connectivity index (χ4n) is 3.87. The number of halogens is 1. The van der Waals surface area contributed by atoms with Gasteiger partial charge in [0.1, 0.15) is 11.9 Å². The van der Waals surface area contributed by atoms with Crippen LogP contribution in [0.25, 0.3) is 10.2 Å². The van der Waals surface area contributed by atoms with Crippen molar-refractivity contribution in [3.05, 3.63) is 59.4 Å². The number of likely N-dealkylation sites (tertiary alicyclic amines) is 1. The zero-order valence-corrected chi connectivity index (χ0v) is 19.7. The van der Waals surface area contributed by atoms with E-state index in [0.717, 1.165) is 48.3 Å². The predicted octanol–water partition coefficient (Wildman–Crippen LogP) is 3.73. The number of rotatable bonds is 8. The molecule has 0 spiro atoms. The van der Waals surface area contributed by atoms with Crippen molar-refractivity contribution in [1.82, 2.24) is 15.2 Å². The first-order valence-corrected chi connectivity index (χ1v) is 12.1. The number of amides is 2. The summed E-state index contributed by atoms with van der Waals surface area (Å²) in [5.74, 6) is -0.716. The molecule has 0 radical (unpaired) electrons. The minimum atomic E-state index is -0.429. The lowest BCUT2D eigenvalue weighted by Crippen LogP contribution is -2.42. The maximum Gasteiger partial charge on any atom is 0.407 e. The van der Waals surface area contributed by atoms with Crippen molar-refractivity contribution in [2.45, 2.75) is 38.5 Å². The molecular weight excluding hydrogens is 457 g/mol. The van der Waals surface area contributed by atoms with Gasteiger partial charge in [-0.2, -0.15) is 0 Å². The van der Waals surface area contributed by atoms with Gasteiger partial charge >= 0.3 is 6.09 Å². The summed E-state index contributed by atoms with van der Waals surface area (Å²) in [5.41, 5.74) is 7.64. The molecule has 1 fully saturated rings. The number of nitrogens with two attached hydrogens (primary N) is 1. The van der Waals surface area contributed by atoms with Crippen LogP contribution in [0.5, 0.6) is 0 Å². The van der Waals surface area contributed by atoms with E-state index in [1.165, 1.54) is 23.5 Å². The lowest BCUT2D eigenvalue weighted by molar-refractivity contribution is 0.0475. The summed E-state index contributed by atoms with van der Waals surface area (Å²) in [6.07, 6.45) is 0.984. The molecule has 4 rings (SSSR count). The number of aromatic nitrogens is 1. The van der Waals surface area contributed by atoms with Gasteiger partial charge in [0.15, 0.2) is 5.13 Å². The van der Waals surface area contributed by atoms with E-state index >= 15 is 0 Å². The van der Waals surface area contributed by atoms with Gasteiger partial charge in [-0.1, -0.05) is 23.5 Å². The summed E-state index contributed by atoms with van der Waals surface area (Å²) in [5, 5.41) is 6.71. The topological polar surface area (TPSA) is 110 Å². The van der Waals surface area contributed by atoms with Crippen molar-refractivity contribution >= 4 is 38.7 Å². The molecule has 0 unspecified atom stereocenters. The highest BCUT2D eigenvalue weighted by Gasteiger charge is 2.23. The van der Waals surface area contributed by atoms with E-state index in [4.69, 9.17) is 10.5 Å². The predicted molar refractivity (Wildman–Crippen MR) is 130 cm³/mol. The van der Waals surface area contributed by atoms with Crippen molar-refractivity contribution < 1.29 is 18.7 Å². The number of benzene rings is 2. The second kappa shape index (κ2) is 10.8. The Balaban J connectivity index is 1.16. The van der Waals surface area contributed by atoms with Gasteiger partial charge in [-0.25, -0.2) is 14.2 Å². The fraction of sp³-hybridized carbons (Fsp3) is 0.375. The summed E-state index contributed by atoms with van der Waals surface area (Å²) >= 11 is 1.37. The first-order chi connectivity index (χ1) is 16.4. The fourth-order valence-corrected chi connectivity index (χ4v) is 4.77. The number of primary amides is 1. The van der Waals surface area contributed by atoms with Crippen LogP contribution in [0, 0.1) is 5.82 Å². The van der Waals surface area contributed by atoms with Crippen molar-refractivity contribution in [3.8, 4) is 0 Å². The molecule has 0 saturated carbocycles. The normalized spacial score (nSPS) is 15.7. The SMILES string of the molecule is C[C@H](CNc1nc2ccc(F)cc2s1)NC(=O)OC1CCN(Cc2ccc(C(N)=O)cc2)CC1. The number of thiazole rings is 1. The minimum Gasteiger partial charge on any atom is -0.446 e. The number of fused-ring (bicyclic) bond motifs is 1. The number of nitrogens with zero attached hydrogens (tertiary/aromatic N) is 2. The standard InChI is InChI=1S/C24H28FN5O3S/c1-15(13-27-23-29-20-7-6-18(25)12-21(20)34-23)28-24(32)33-19-8-10-30(11-9-19)14-16-2-4-17(5-3-16)22(26)31/h2-7,12,15,19H,8-11,13-14H2,1H3,(H2,26,31)(H,27,29)(H,28,32)/t15-/m1/s1. The molecule has 4 N–H and O–H groups in total. The number of nitrogens with one attached hydrogen (secondary N) is 2. The molecule has 8 nitrogen and oxygen atoms in total. The van der Waals surface area contributed by atoms with E-state index in [1.54, 1.807) is 18.2 Å². The van der Waals surface area contributed by atoms with Gasteiger partial charge < -0.3 is 21.1 Å². The Bertz CT molecular complexity index is 1150. The third-order valence-electron chi connectivity index (χ3n) is 5.73. The van der Waals surface area contributed by atoms with Crippen LogP contribution in [0.3, 0.4) is 0 Å². The molecule has 0 aliphatic carbocycles. The molecule has 1 aliphatic rings. The van der Waals surface area contributed by atoms with E-state index in [-0.39, 0.29) is 18.0 Å². The Kier molecular flexibility index (Phi) is 7.59. The summed E-state index contributed by atoms with van der Waals surface area (Å²) in [6, 6.07) is 11.6. The van der Waals surface area contributed by atoms with Crippen molar-refractivity contribution in [2.75, 3.05) is 25.0 Å². The maximum absolute atomic E-state index is 13.3. The molecule has 34 heavy (non-hydrogen) atoms. The Morgan fingerprint density at radius 3 is 2.68 bits per heavy atom. The molecule has 3 aromatic rings. The van der Waals surface area contributed by atoms with Crippen LogP contribution in [0.1, 0.15) is 35.7 Å². The van der Waals surface area contributed by atoms with Gasteiger partial charge in [-0.3, -0.25) is 9.69 Å². The van der Waals surface area contributed by atoms with Crippen molar-refractivity contribution in [1.29, 1.82) is 0 Å². The van der Waals surface area contributed by atoms with Crippen LogP contribution in [-0.4, -0.2) is 53.7 Å². The van der Waals surface area contributed by atoms with Crippen LogP contribution in [0.2, 0.25) is 0 Å². The quantitative estimate of drug-likeness (QED) is 0.449. The summed E-state index contributed by atoms with van der Waals surface area (Å²) in [7, 11) is 0. The second-order valence-electron chi connectivity index (χ2n) is 8.50. The Morgan fingerprint density at radius 1 is 1.24 bits per heavy atom. The van der Waals surface area contributed by atoms with Crippen molar-refractivity contribution in [3.63, 3.8) is 0 Å². The number of alkyl carbamates (subject to hydrolysis) is 1. The third-order valence-corrected chi connectivity index (χ3v) is 6.70. The van der Waals surface area contributed by atoms with Crippen LogP contribution in [0.15, 0.2) is 42.5 Å². The van der Waals surface area contributed by atoms with E-state index in [0.29, 0.717) is 17.2 Å². The second-order valence-corrected chi connectivity index (χ2v) is 9.53. The number of carbonyl (C=O) groups is 2. The van der Waals surface area contributed by atoms with Crippen LogP contribution >= 0.6 is 11.3 Å². The van der Waals surface area contributed by atoms with Gasteiger partial charge in [0, 0.05) is 37.8 Å². The Morgan fingerprint density at radius 2 is 1.97 bits per heavy atom. The maximum atomic E-state index is 13.3. The van der Waals surface area contributed by atoms with Gasteiger partial charge in [0.25, 0.3) is 0 Å². The lowest BCUT2D eigenvalue weighted by atomic mass is 10.1. The number of hydrogen-bond donors (Lipinski definition) is 3. The monoisotopic (exact) mass is 485 g/mol. The van der Waals surface area contributed by atoms with E-state index in [2.05, 4.69) is 20.5 Å². The molecule has 1 aliphatic heterocycles. The highest BCUT2D eigenvalue weighted by Crippen LogP contribution is 2.26. The van der Waals surface area contributed by atoms with Crippen LogP contribution in [-0.2, 0) is 11.3 Å². The highest BCUT2D eigenvalue weighted by molar-refractivity contribution is 7.22. The lowest BCUT2D eigenvalue weighted by Gasteiger charge is -2.31. The van der Waals surface area contributed by atoms with E-state index < -0.39 is 12.0 Å². The third kappa shape index (κ3) is 6.42. The summed E-state index contributed by atoms with van der Waals surface area (Å²) in [6.45, 7) is 4.78. The van der Waals surface area contributed by atoms with Crippen LogP contribution in [0.4, 0.5) is 14.3 Å². The smallest absolute Gasteiger partial charge is 0.407 e. The summed E-state index contributed by atoms with van der Waals surface area (Å²) in [4.78, 5) is 30.2. The van der Waals surface area contributed by atoms with Gasteiger partial charge in [0.2, 0.25) is 5.91 Å². The van der Waals surface area contributed by atoms with E-state index in [1.807, 2.05) is 19.1 Å². The average molecular weight is 486 g/mol. The minimum absolute atomic E-state index is 0.118. The molecule has 1 aromatic heterocycles. The molecule has 1 atom stereocenters. The average Bonchev–Trinajstić information content (AvgIpc) is 3.21. The first kappa shape index (κ1) is 23.9. The number of carbonyl (C=O) groups excluding carboxylic acids is 2. The molecular formula is C24H28FN5O3S. The molecule has 2 heterocycles. The number of ether oxygens (including phenoxy) is 1. The van der Waals surface area contributed by atoms with Gasteiger partial charge in [-0.15, -0.1) is 0 Å². The molecule has 0 bridgehead atoms. The highest BCUT2D eigenvalue weighted by atomic mass is 32.1. The number of anilines is 1. The molecule has 10 heteroatoms. The zero-order chi connectivity index (χ0) is 24.1. The largest absolute Gasteiger partial charge is 0.446 e. The van der Waals surface area contributed by atoms with Crippen LogP contribution < -0.4 is 16.4 Å². The van der Waals surface area contributed by atoms with Crippen molar-refractivity contribution in [2.24, 2.45) is 5.73 Å². The molecule has 180 valence electrons. The molecule has 1 saturated heterocycles. The zero-order valence-electron chi connectivity index (χ0n) is 18.9. The van der Waals surface area contributed by atoms with Gasteiger partial charge in [0.05, 0.1) is 10.2 Å². The molecule has 2 amide bonds. The van der Waals surface area contributed by atoms with Gasteiger partial charge in [-0.05, 0) is 55.7 Å². The Hall–Kier alpha value is -3.24. The first-order valence-electron chi connectivity index (χ1n) is 11.2. The summed E-state index contributed by atoms with van der Waals surface area (Å²) < 4.78 is 19.7. The van der Waals surface area contributed by atoms with E-state index in [9.17, 15) is 14.0 Å². The number of piperidine rings is 1.